The number of carbonyl (C=O) groups excluding carboxylic acids is 1. The summed E-state index contributed by atoms with van der Waals surface area (Å²) in [6.45, 7) is 2.07. The van der Waals surface area contributed by atoms with Crippen LogP contribution in [0.25, 0.3) is 0 Å². The number of sulfonamides is 1. The molecule has 0 radical (unpaired) electrons. The number of rotatable bonds is 5. The molecule has 1 aliphatic rings. The first-order chi connectivity index (χ1) is 16.2. The standard InChI is InChI=1S/C24H22F3N3O3S/c1-16-6-8-18(15-21(16)27)28-24(31)17-7-9-20(26)23(14-17)34(32,33)30-12-10-29(11-13-30)22-5-3-2-4-19(22)25/h2-9,14-15H,10-13H2,1H3,(H,28,31). The summed E-state index contributed by atoms with van der Waals surface area (Å²) >= 11 is 0. The van der Waals surface area contributed by atoms with Gasteiger partial charge in [-0.15, -0.1) is 0 Å². The molecule has 34 heavy (non-hydrogen) atoms. The summed E-state index contributed by atoms with van der Waals surface area (Å²) in [5.74, 6) is -2.61. The van der Waals surface area contributed by atoms with Crippen molar-refractivity contribution < 1.29 is 26.4 Å². The Morgan fingerprint density at radius 3 is 2.24 bits per heavy atom. The summed E-state index contributed by atoms with van der Waals surface area (Å²) in [6.07, 6.45) is 0. The zero-order valence-corrected chi connectivity index (χ0v) is 19.1. The number of aryl methyl sites for hydroxylation is 1. The van der Waals surface area contributed by atoms with E-state index in [4.69, 9.17) is 0 Å². The number of para-hydroxylation sites is 1. The minimum atomic E-state index is -4.25. The molecule has 0 bridgehead atoms. The number of amides is 1. The molecule has 1 N–H and O–H groups in total. The first-order valence-corrected chi connectivity index (χ1v) is 12.0. The van der Waals surface area contributed by atoms with Crippen molar-refractivity contribution in [1.82, 2.24) is 4.31 Å². The zero-order chi connectivity index (χ0) is 24.5. The average Bonchev–Trinajstić information content (AvgIpc) is 2.82. The third kappa shape index (κ3) is 4.78. The minimum absolute atomic E-state index is 0.0230. The van der Waals surface area contributed by atoms with Gasteiger partial charge in [-0.1, -0.05) is 18.2 Å². The van der Waals surface area contributed by atoms with Crippen molar-refractivity contribution in [2.45, 2.75) is 11.8 Å². The van der Waals surface area contributed by atoms with Crippen LogP contribution < -0.4 is 10.2 Å². The van der Waals surface area contributed by atoms with Crippen LogP contribution in [0.5, 0.6) is 0 Å². The maximum atomic E-state index is 14.6. The molecule has 3 aromatic carbocycles. The topological polar surface area (TPSA) is 69.7 Å². The molecule has 6 nitrogen and oxygen atoms in total. The molecule has 1 heterocycles. The lowest BCUT2D eigenvalue weighted by atomic mass is 10.2. The van der Waals surface area contributed by atoms with Gasteiger partial charge < -0.3 is 10.2 Å². The van der Waals surface area contributed by atoms with E-state index in [1.165, 1.54) is 18.2 Å². The first kappa shape index (κ1) is 23.8. The predicted molar refractivity (Wildman–Crippen MR) is 123 cm³/mol. The Hall–Kier alpha value is -3.37. The van der Waals surface area contributed by atoms with Gasteiger partial charge in [0.15, 0.2) is 0 Å². The van der Waals surface area contributed by atoms with E-state index in [0.29, 0.717) is 11.3 Å². The monoisotopic (exact) mass is 489 g/mol. The van der Waals surface area contributed by atoms with E-state index < -0.39 is 38.3 Å². The molecule has 0 unspecified atom stereocenters. The summed E-state index contributed by atoms with van der Waals surface area (Å²) in [4.78, 5) is 13.7. The van der Waals surface area contributed by atoms with E-state index in [0.717, 1.165) is 28.6 Å². The van der Waals surface area contributed by atoms with Crippen LogP contribution in [0, 0.1) is 24.4 Å². The summed E-state index contributed by atoms with van der Waals surface area (Å²) in [5, 5.41) is 2.48. The van der Waals surface area contributed by atoms with Gasteiger partial charge in [0.25, 0.3) is 5.91 Å². The zero-order valence-electron chi connectivity index (χ0n) is 18.3. The number of halogens is 3. The van der Waals surface area contributed by atoms with E-state index in [-0.39, 0.29) is 37.4 Å². The fourth-order valence-electron chi connectivity index (χ4n) is 3.73. The number of hydrogen-bond donors (Lipinski definition) is 1. The molecular weight excluding hydrogens is 467 g/mol. The van der Waals surface area contributed by atoms with Gasteiger partial charge in [0, 0.05) is 37.4 Å². The number of piperazine rings is 1. The molecule has 0 spiro atoms. The van der Waals surface area contributed by atoms with Gasteiger partial charge in [-0.05, 0) is 55.0 Å². The highest BCUT2D eigenvalue weighted by Gasteiger charge is 2.32. The molecule has 1 saturated heterocycles. The average molecular weight is 490 g/mol. The highest BCUT2D eigenvalue weighted by atomic mass is 32.2. The van der Waals surface area contributed by atoms with Crippen molar-refractivity contribution in [2.24, 2.45) is 0 Å². The highest BCUT2D eigenvalue weighted by Crippen LogP contribution is 2.25. The molecule has 0 aromatic heterocycles. The van der Waals surface area contributed by atoms with Gasteiger partial charge in [-0.3, -0.25) is 4.79 Å². The number of anilines is 2. The first-order valence-electron chi connectivity index (χ1n) is 10.5. The van der Waals surface area contributed by atoms with Crippen molar-refractivity contribution in [3.05, 3.63) is 89.2 Å². The molecule has 10 heteroatoms. The number of benzene rings is 3. The van der Waals surface area contributed by atoms with Crippen molar-refractivity contribution in [1.29, 1.82) is 0 Å². The van der Waals surface area contributed by atoms with Crippen LogP contribution in [0.15, 0.2) is 65.6 Å². The molecule has 178 valence electrons. The van der Waals surface area contributed by atoms with Crippen molar-refractivity contribution in [3.63, 3.8) is 0 Å². The summed E-state index contributed by atoms with van der Waals surface area (Å²) in [5.41, 5.74) is 0.872. The molecule has 0 aliphatic carbocycles. The molecule has 4 rings (SSSR count). The number of hydrogen-bond acceptors (Lipinski definition) is 4. The van der Waals surface area contributed by atoms with Gasteiger partial charge in [-0.25, -0.2) is 21.6 Å². The van der Waals surface area contributed by atoms with Gasteiger partial charge in [0.05, 0.1) is 5.69 Å². The van der Waals surface area contributed by atoms with Gasteiger partial charge in [-0.2, -0.15) is 4.31 Å². The minimum Gasteiger partial charge on any atom is -0.367 e. The molecule has 3 aromatic rings. The maximum absolute atomic E-state index is 14.6. The fraction of sp³-hybridized carbons (Fsp3) is 0.208. The molecule has 0 atom stereocenters. The van der Waals surface area contributed by atoms with E-state index in [1.54, 1.807) is 30.0 Å². The van der Waals surface area contributed by atoms with Crippen molar-refractivity contribution >= 4 is 27.3 Å². The Bertz CT molecular complexity index is 1340. The molecule has 1 fully saturated rings. The van der Waals surface area contributed by atoms with Crippen LogP contribution >= 0.6 is 0 Å². The maximum Gasteiger partial charge on any atom is 0.255 e. The Kier molecular flexibility index (Phi) is 6.63. The second-order valence-corrected chi connectivity index (χ2v) is 9.81. The lowest BCUT2D eigenvalue weighted by Crippen LogP contribution is -2.49. The summed E-state index contributed by atoms with van der Waals surface area (Å²) in [6, 6.07) is 13.4. The van der Waals surface area contributed by atoms with E-state index >= 15 is 0 Å². The van der Waals surface area contributed by atoms with E-state index in [1.807, 2.05) is 0 Å². The largest absolute Gasteiger partial charge is 0.367 e. The lowest BCUT2D eigenvalue weighted by molar-refractivity contribution is 0.102. The fourth-order valence-corrected chi connectivity index (χ4v) is 5.25. The summed E-state index contributed by atoms with van der Waals surface area (Å²) < 4.78 is 69.8. The second kappa shape index (κ2) is 9.47. The second-order valence-electron chi connectivity index (χ2n) is 7.91. The SMILES string of the molecule is Cc1ccc(NC(=O)c2ccc(F)c(S(=O)(=O)N3CCN(c4ccccc4F)CC3)c2)cc1F. The number of carbonyl (C=O) groups is 1. The Morgan fingerprint density at radius 2 is 1.56 bits per heavy atom. The van der Waals surface area contributed by atoms with Gasteiger partial charge in [0.1, 0.15) is 22.3 Å². The van der Waals surface area contributed by atoms with Crippen molar-refractivity contribution in [2.75, 3.05) is 36.4 Å². The van der Waals surface area contributed by atoms with Crippen molar-refractivity contribution in [3.8, 4) is 0 Å². The third-order valence-electron chi connectivity index (χ3n) is 5.67. The van der Waals surface area contributed by atoms with Crippen LogP contribution in [0.2, 0.25) is 0 Å². The van der Waals surface area contributed by atoms with Gasteiger partial charge in [0.2, 0.25) is 10.0 Å². The van der Waals surface area contributed by atoms with E-state index in [9.17, 15) is 26.4 Å². The Labute approximate surface area is 195 Å². The van der Waals surface area contributed by atoms with Crippen LogP contribution in [0.4, 0.5) is 24.5 Å². The predicted octanol–water partition coefficient (Wildman–Crippen LogP) is 4.18. The molecule has 0 saturated carbocycles. The normalized spacial score (nSPS) is 14.8. The smallest absolute Gasteiger partial charge is 0.255 e. The number of nitrogens with zero attached hydrogens (tertiary/aromatic N) is 2. The molecular formula is C24H22F3N3O3S. The van der Waals surface area contributed by atoms with Gasteiger partial charge >= 0.3 is 0 Å². The quantitative estimate of drug-likeness (QED) is 0.584. The third-order valence-corrected chi connectivity index (χ3v) is 7.59. The Morgan fingerprint density at radius 1 is 0.853 bits per heavy atom. The lowest BCUT2D eigenvalue weighted by Gasteiger charge is -2.35. The molecule has 1 aliphatic heterocycles. The Balaban J connectivity index is 1.52. The van der Waals surface area contributed by atoms with Crippen LogP contribution in [-0.4, -0.2) is 44.8 Å². The van der Waals surface area contributed by atoms with E-state index in [2.05, 4.69) is 5.32 Å². The summed E-state index contributed by atoms with van der Waals surface area (Å²) in [7, 11) is -4.25. The van der Waals surface area contributed by atoms with Crippen LogP contribution in [0.3, 0.4) is 0 Å². The highest BCUT2D eigenvalue weighted by molar-refractivity contribution is 7.89. The van der Waals surface area contributed by atoms with Crippen LogP contribution in [0.1, 0.15) is 15.9 Å². The van der Waals surface area contributed by atoms with Crippen LogP contribution in [-0.2, 0) is 10.0 Å². The number of nitrogens with one attached hydrogen (secondary N) is 1. The molecule has 1 amide bonds.